The number of hydrogen-bond donors (Lipinski definition) is 1. The maximum Gasteiger partial charge on any atom is 0.328 e. The second kappa shape index (κ2) is 7.68. The molecule has 0 fully saturated rings. The molecule has 22 heavy (non-hydrogen) atoms. The minimum atomic E-state index is -1.02. The monoisotopic (exact) mass is 400 g/mol. The van der Waals surface area contributed by atoms with Crippen LogP contribution in [0.3, 0.4) is 0 Å². The Morgan fingerprint density at radius 3 is 2.50 bits per heavy atom. The average molecular weight is 402 g/mol. The van der Waals surface area contributed by atoms with Crippen LogP contribution in [0.1, 0.15) is 11.1 Å². The zero-order chi connectivity index (χ0) is 16.1. The molecule has 1 N–H and O–H groups in total. The first-order valence-corrected chi connectivity index (χ1v) is 7.78. The van der Waals surface area contributed by atoms with Crippen LogP contribution >= 0.6 is 39.1 Å². The van der Waals surface area contributed by atoms with E-state index in [4.69, 9.17) is 33.0 Å². The second-order valence-electron chi connectivity index (χ2n) is 4.40. The van der Waals surface area contributed by atoms with Crippen LogP contribution in [-0.4, -0.2) is 11.1 Å². The summed E-state index contributed by atoms with van der Waals surface area (Å²) in [5.74, 6) is -0.514. The van der Waals surface area contributed by atoms with Crippen LogP contribution < -0.4 is 4.74 Å². The van der Waals surface area contributed by atoms with E-state index < -0.39 is 5.97 Å². The van der Waals surface area contributed by atoms with Gasteiger partial charge >= 0.3 is 5.97 Å². The zero-order valence-electron chi connectivity index (χ0n) is 11.2. The van der Waals surface area contributed by atoms with Gasteiger partial charge < -0.3 is 9.84 Å². The molecule has 6 heteroatoms. The molecular weight excluding hydrogens is 391 g/mol. The summed E-state index contributed by atoms with van der Waals surface area (Å²) >= 11 is 15.4. The molecule has 0 aliphatic heterocycles. The average Bonchev–Trinajstić information content (AvgIpc) is 2.46. The Morgan fingerprint density at radius 1 is 1.23 bits per heavy atom. The van der Waals surface area contributed by atoms with Gasteiger partial charge in [-0.05, 0) is 57.4 Å². The summed E-state index contributed by atoms with van der Waals surface area (Å²) in [6.45, 7) is 0.347. The third-order valence-corrected chi connectivity index (χ3v) is 3.86. The van der Waals surface area contributed by atoms with Crippen LogP contribution in [0.25, 0.3) is 6.08 Å². The smallest absolute Gasteiger partial charge is 0.328 e. The molecule has 0 aromatic heterocycles. The van der Waals surface area contributed by atoms with E-state index in [1.807, 2.05) is 12.1 Å². The molecule has 0 saturated carbocycles. The van der Waals surface area contributed by atoms with E-state index in [9.17, 15) is 4.79 Å². The standard InChI is InChI=1S/C16H11BrCl2O3/c17-13-7-11(3-6-15(20)21)8-14(19)16(13)22-9-10-1-4-12(18)5-2-10/h1-8H,9H2,(H,20,21)/b6-3+. The van der Waals surface area contributed by atoms with Crippen molar-refractivity contribution < 1.29 is 14.6 Å². The molecule has 0 heterocycles. The molecule has 114 valence electrons. The van der Waals surface area contributed by atoms with Gasteiger partial charge in [0.1, 0.15) is 6.61 Å². The molecule has 0 aliphatic rings. The van der Waals surface area contributed by atoms with Crippen LogP contribution in [0.2, 0.25) is 10.0 Å². The van der Waals surface area contributed by atoms with E-state index in [1.165, 1.54) is 6.08 Å². The van der Waals surface area contributed by atoms with E-state index in [2.05, 4.69) is 15.9 Å². The predicted molar refractivity (Wildman–Crippen MR) is 91.6 cm³/mol. The molecule has 3 nitrogen and oxygen atoms in total. The van der Waals surface area contributed by atoms with Crippen LogP contribution in [0, 0.1) is 0 Å². The van der Waals surface area contributed by atoms with Crippen LogP contribution in [0.15, 0.2) is 46.9 Å². The number of halogens is 3. The van der Waals surface area contributed by atoms with Gasteiger partial charge in [0.2, 0.25) is 0 Å². The number of benzene rings is 2. The SMILES string of the molecule is O=C(O)/C=C/c1cc(Cl)c(OCc2ccc(Cl)cc2)c(Br)c1. The van der Waals surface area contributed by atoms with Gasteiger partial charge in [0.05, 0.1) is 9.50 Å². The first-order valence-electron chi connectivity index (χ1n) is 6.23. The van der Waals surface area contributed by atoms with Crippen LogP contribution in [-0.2, 0) is 11.4 Å². The fraction of sp³-hybridized carbons (Fsp3) is 0.0625. The van der Waals surface area contributed by atoms with Gasteiger partial charge in [-0.25, -0.2) is 4.79 Å². The quantitative estimate of drug-likeness (QED) is 0.679. The number of hydrogen-bond acceptors (Lipinski definition) is 2. The van der Waals surface area contributed by atoms with E-state index in [-0.39, 0.29) is 0 Å². The van der Waals surface area contributed by atoms with Gasteiger partial charge in [-0.2, -0.15) is 0 Å². The van der Waals surface area contributed by atoms with Gasteiger partial charge in [0, 0.05) is 11.1 Å². The fourth-order valence-electron chi connectivity index (χ4n) is 1.72. The minimum absolute atomic E-state index is 0.347. The molecule has 2 aromatic carbocycles. The van der Waals surface area contributed by atoms with Crippen LogP contribution in [0.5, 0.6) is 5.75 Å². The lowest BCUT2D eigenvalue weighted by molar-refractivity contribution is -0.131. The van der Waals surface area contributed by atoms with Crippen molar-refractivity contribution in [3.63, 3.8) is 0 Å². The van der Waals surface area contributed by atoms with Gasteiger partial charge in [0.25, 0.3) is 0 Å². The van der Waals surface area contributed by atoms with E-state index in [0.717, 1.165) is 11.6 Å². The maximum absolute atomic E-state index is 10.5. The molecule has 0 aliphatic carbocycles. The summed E-state index contributed by atoms with van der Waals surface area (Å²) in [6.07, 6.45) is 2.51. The first-order chi connectivity index (χ1) is 10.5. The third-order valence-electron chi connectivity index (χ3n) is 2.74. The lowest BCUT2D eigenvalue weighted by Crippen LogP contribution is -1.97. The van der Waals surface area contributed by atoms with Gasteiger partial charge in [-0.15, -0.1) is 0 Å². The summed E-state index contributed by atoms with van der Waals surface area (Å²) < 4.78 is 6.36. The van der Waals surface area contributed by atoms with Crippen molar-refractivity contribution in [1.29, 1.82) is 0 Å². The summed E-state index contributed by atoms with van der Waals surface area (Å²) in [6, 6.07) is 10.7. The predicted octanol–water partition coefficient (Wildman–Crippen LogP) is 5.43. The van der Waals surface area contributed by atoms with Crippen LogP contribution in [0.4, 0.5) is 0 Å². The Balaban J connectivity index is 2.14. The fourth-order valence-corrected chi connectivity index (χ4v) is 2.83. The molecule has 0 atom stereocenters. The van der Waals surface area contributed by atoms with Crippen molar-refractivity contribution in [2.24, 2.45) is 0 Å². The molecule has 2 aromatic rings. The number of carbonyl (C=O) groups is 1. The van der Waals surface area contributed by atoms with Crippen molar-refractivity contribution >= 4 is 51.2 Å². The zero-order valence-corrected chi connectivity index (χ0v) is 14.3. The number of ether oxygens (including phenoxy) is 1. The van der Waals surface area contributed by atoms with Gasteiger partial charge in [-0.3, -0.25) is 0 Å². The minimum Gasteiger partial charge on any atom is -0.486 e. The summed E-state index contributed by atoms with van der Waals surface area (Å²) in [5.41, 5.74) is 1.63. The van der Waals surface area contributed by atoms with Crippen molar-refractivity contribution in [2.45, 2.75) is 6.61 Å². The first kappa shape index (κ1) is 16.9. The van der Waals surface area contributed by atoms with E-state index in [0.29, 0.717) is 32.4 Å². The number of carboxylic acids is 1. The molecule has 0 bridgehead atoms. The van der Waals surface area contributed by atoms with E-state index in [1.54, 1.807) is 24.3 Å². The molecule has 0 amide bonds. The largest absolute Gasteiger partial charge is 0.486 e. The number of rotatable bonds is 5. The normalized spacial score (nSPS) is 10.9. The Morgan fingerprint density at radius 2 is 1.91 bits per heavy atom. The molecule has 0 radical (unpaired) electrons. The Labute approximate surface area is 146 Å². The summed E-state index contributed by atoms with van der Waals surface area (Å²) in [5, 5.41) is 9.69. The van der Waals surface area contributed by atoms with Crippen molar-refractivity contribution in [3.05, 3.63) is 68.1 Å². The lowest BCUT2D eigenvalue weighted by atomic mass is 10.2. The van der Waals surface area contributed by atoms with Crippen molar-refractivity contribution in [2.75, 3.05) is 0 Å². The number of carboxylic acid groups (broad SMARTS) is 1. The number of aliphatic carboxylic acids is 1. The highest BCUT2D eigenvalue weighted by Crippen LogP contribution is 2.35. The van der Waals surface area contributed by atoms with Crippen molar-refractivity contribution in [1.82, 2.24) is 0 Å². The highest BCUT2D eigenvalue weighted by atomic mass is 79.9. The van der Waals surface area contributed by atoms with Crippen molar-refractivity contribution in [3.8, 4) is 5.75 Å². The Hall–Kier alpha value is -1.49. The Kier molecular flexibility index (Phi) is 5.89. The topological polar surface area (TPSA) is 46.5 Å². The lowest BCUT2D eigenvalue weighted by Gasteiger charge is -2.11. The molecule has 0 spiro atoms. The summed E-state index contributed by atoms with van der Waals surface area (Å²) in [4.78, 5) is 10.5. The summed E-state index contributed by atoms with van der Waals surface area (Å²) in [7, 11) is 0. The second-order valence-corrected chi connectivity index (χ2v) is 6.10. The molecular formula is C16H11BrCl2O3. The third kappa shape index (κ3) is 4.77. The van der Waals surface area contributed by atoms with Gasteiger partial charge in [-0.1, -0.05) is 35.3 Å². The highest BCUT2D eigenvalue weighted by molar-refractivity contribution is 9.10. The highest BCUT2D eigenvalue weighted by Gasteiger charge is 2.09. The van der Waals surface area contributed by atoms with Gasteiger partial charge in [0.15, 0.2) is 5.75 Å². The Bertz CT molecular complexity index is 689. The molecule has 0 unspecified atom stereocenters. The van der Waals surface area contributed by atoms with E-state index >= 15 is 0 Å². The molecule has 0 saturated heterocycles. The molecule has 2 rings (SSSR count). The maximum atomic E-state index is 10.5.